The second-order valence-corrected chi connectivity index (χ2v) is 9.74. The summed E-state index contributed by atoms with van der Waals surface area (Å²) in [5.74, 6) is 0.642. The van der Waals surface area contributed by atoms with Gasteiger partial charge in [0.15, 0.2) is 0 Å². The molecule has 0 aliphatic carbocycles. The molecule has 0 N–H and O–H groups in total. The maximum absolute atomic E-state index is 13.0. The normalized spacial score (nSPS) is 22.0. The molecule has 0 amide bonds. The van der Waals surface area contributed by atoms with Gasteiger partial charge in [-0.1, -0.05) is 30.5 Å². The first-order valence-electron chi connectivity index (χ1n) is 9.76. The van der Waals surface area contributed by atoms with Gasteiger partial charge in [0.1, 0.15) is 0 Å². The van der Waals surface area contributed by atoms with E-state index in [1.54, 1.807) is 10.4 Å². The van der Waals surface area contributed by atoms with Gasteiger partial charge in [-0.3, -0.25) is 0 Å². The molecular weight excluding hydrogens is 332 g/mol. The lowest BCUT2D eigenvalue weighted by Gasteiger charge is -2.34. The largest absolute Gasteiger partial charge is 0.303 e. The molecule has 140 valence electrons. The molecule has 0 spiro atoms. The molecular formula is C20H32N2O2S. The van der Waals surface area contributed by atoms with Crippen molar-refractivity contribution < 1.29 is 8.42 Å². The molecule has 3 rings (SSSR count). The molecule has 2 fully saturated rings. The predicted molar refractivity (Wildman–Crippen MR) is 102 cm³/mol. The summed E-state index contributed by atoms with van der Waals surface area (Å²) in [5.41, 5.74) is 1.96. The number of likely N-dealkylation sites (tertiary alicyclic amines) is 1. The van der Waals surface area contributed by atoms with Crippen LogP contribution in [-0.2, 0) is 10.0 Å². The topological polar surface area (TPSA) is 40.6 Å². The van der Waals surface area contributed by atoms with Crippen molar-refractivity contribution in [3.8, 4) is 0 Å². The molecule has 0 radical (unpaired) electrons. The Kier molecular flexibility index (Phi) is 6.18. The molecule has 4 nitrogen and oxygen atoms in total. The van der Waals surface area contributed by atoms with Crippen molar-refractivity contribution >= 4 is 10.0 Å². The van der Waals surface area contributed by atoms with Crippen LogP contribution in [0.15, 0.2) is 23.1 Å². The third kappa shape index (κ3) is 4.63. The number of rotatable bonds is 4. The maximum atomic E-state index is 13.0. The highest BCUT2D eigenvalue weighted by molar-refractivity contribution is 7.89. The van der Waals surface area contributed by atoms with Crippen molar-refractivity contribution in [1.82, 2.24) is 9.21 Å². The zero-order valence-corrected chi connectivity index (χ0v) is 16.5. The van der Waals surface area contributed by atoms with Crippen LogP contribution < -0.4 is 0 Å². The van der Waals surface area contributed by atoms with Crippen molar-refractivity contribution in [3.05, 3.63) is 29.3 Å². The van der Waals surface area contributed by atoms with Crippen LogP contribution in [0.2, 0.25) is 0 Å². The smallest absolute Gasteiger partial charge is 0.243 e. The van der Waals surface area contributed by atoms with Gasteiger partial charge in [0.2, 0.25) is 10.0 Å². The fraction of sp³-hybridized carbons (Fsp3) is 0.700. The Morgan fingerprint density at radius 3 is 2.20 bits per heavy atom. The van der Waals surface area contributed by atoms with Gasteiger partial charge in [0.05, 0.1) is 4.90 Å². The molecule has 0 bridgehead atoms. The quantitative estimate of drug-likeness (QED) is 0.820. The summed E-state index contributed by atoms with van der Waals surface area (Å²) >= 11 is 0. The van der Waals surface area contributed by atoms with Gasteiger partial charge >= 0.3 is 0 Å². The van der Waals surface area contributed by atoms with Crippen molar-refractivity contribution in [2.75, 3.05) is 32.7 Å². The van der Waals surface area contributed by atoms with E-state index in [0.717, 1.165) is 30.5 Å². The molecule has 5 heteroatoms. The molecule has 2 heterocycles. The summed E-state index contributed by atoms with van der Waals surface area (Å²) in [7, 11) is -3.35. The van der Waals surface area contributed by atoms with E-state index in [0.29, 0.717) is 23.9 Å². The Balaban J connectivity index is 1.59. The predicted octanol–water partition coefficient (Wildman–Crippen LogP) is 3.58. The van der Waals surface area contributed by atoms with Crippen molar-refractivity contribution in [2.24, 2.45) is 5.92 Å². The van der Waals surface area contributed by atoms with Crippen LogP contribution in [-0.4, -0.2) is 50.3 Å². The van der Waals surface area contributed by atoms with E-state index in [4.69, 9.17) is 0 Å². The summed E-state index contributed by atoms with van der Waals surface area (Å²) in [6, 6.07) is 5.62. The highest BCUT2D eigenvalue weighted by Gasteiger charge is 2.31. The first-order valence-corrected chi connectivity index (χ1v) is 11.2. The summed E-state index contributed by atoms with van der Waals surface area (Å²) in [4.78, 5) is 3.08. The van der Waals surface area contributed by atoms with Gasteiger partial charge in [-0.2, -0.15) is 4.31 Å². The van der Waals surface area contributed by atoms with E-state index in [2.05, 4.69) is 4.90 Å². The van der Waals surface area contributed by atoms with Crippen LogP contribution >= 0.6 is 0 Å². The Morgan fingerprint density at radius 2 is 1.60 bits per heavy atom. The molecule has 25 heavy (non-hydrogen) atoms. The van der Waals surface area contributed by atoms with Crippen molar-refractivity contribution in [2.45, 2.75) is 57.3 Å². The number of nitrogens with zero attached hydrogens (tertiary/aromatic N) is 2. The molecule has 1 aromatic rings. The van der Waals surface area contributed by atoms with E-state index in [1.165, 1.54) is 38.8 Å². The molecule has 2 saturated heterocycles. The summed E-state index contributed by atoms with van der Waals surface area (Å²) in [6.45, 7) is 8.81. The SMILES string of the molecule is Cc1ccc(S(=O)(=O)N2CCC(CN3CCCCCC3)CC2)c(C)c1. The third-order valence-corrected chi connectivity index (χ3v) is 7.80. The number of sulfonamides is 1. The van der Waals surface area contributed by atoms with Crippen LogP contribution in [0.1, 0.15) is 49.7 Å². The fourth-order valence-corrected chi connectivity index (χ4v) is 5.92. The number of benzene rings is 1. The lowest BCUT2D eigenvalue weighted by molar-refractivity contribution is 0.186. The number of aryl methyl sites for hydroxylation is 2. The van der Waals surface area contributed by atoms with Crippen LogP contribution in [0.4, 0.5) is 0 Å². The molecule has 2 aliphatic rings. The maximum Gasteiger partial charge on any atom is 0.243 e. The number of piperidine rings is 1. The van der Waals surface area contributed by atoms with Gasteiger partial charge in [0, 0.05) is 19.6 Å². The molecule has 0 atom stereocenters. The van der Waals surface area contributed by atoms with Crippen LogP contribution in [0, 0.1) is 19.8 Å². The number of hydrogen-bond donors (Lipinski definition) is 0. The van der Waals surface area contributed by atoms with Gasteiger partial charge in [-0.15, -0.1) is 0 Å². The van der Waals surface area contributed by atoms with Gasteiger partial charge in [-0.25, -0.2) is 8.42 Å². The molecule has 2 aliphatic heterocycles. The first kappa shape index (κ1) is 18.9. The highest BCUT2D eigenvalue weighted by atomic mass is 32.2. The van der Waals surface area contributed by atoms with Crippen molar-refractivity contribution in [1.29, 1.82) is 0 Å². The lowest BCUT2D eigenvalue weighted by Crippen LogP contribution is -2.42. The van der Waals surface area contributed by atoms with E-state index in [1.807, 2.05) is 26.0 Å². The fourth-order valence-electron chi connectivity index (χ4n) is 4.24. The molecule has 0 saturated carbocycles. The van der Waals surface area contributed by atoms with E-state index >= 15 is 0 Å². The van der Waals surface area contributed by atoms with Gasteiger partial charge in [-0.05, 0) is 70.2 Å². The summed E-state index contributed by atoms with van der Waals surface area (Å²) in [5, 5.41) is 0. The molecule has 1 aromatic carbocycles. The summed E-state index contributed by atoms with van der Waals surface area (Å²) < 4.78 is 27.7. The lowest BCUT2D eigenvalue weighted by atomic mass is 9.97. The monoisotopic (exact) mass is 364 g/mol. The highest BCUT2D eigenvalue weighted by Crippen LogP contribution is 2.27. The van der Waals surface area contributed by atoms with Crippen molar-refractivity contribution in [3.63, 3.8) is 0 Å². The third-order valence-electron chi connectivity index (χ3n) is 5.74. The van der Waals surface area contributed by atoms with Crippen LogP contribution in [0.5, 0.6) is 0 Å². The zero-order chi connectivity index (χ0) is 17.9. The van der Waals surface area contributed by atoms with Gasteiger partial charge in [0.25, 0.3) is 0 Å². The molecule has 0 unspecified atom stereocenters. The Morgan fingerprint density at radius 1 is 0.960 bits per heavy atom. The second-order valence-electron chi connectivity index (χ2n) is 7.83. The van der Waals surface area contributed by atoms with E-state index < -0.39 is 10.0 Å². The second kappa shape index (κ2) is 8.19. The Hall–Kier alpha value is -0.910. The average molecular weight is 365 g/mol. The van der Waals surface area contributed by atoms with Crippen LogP contribution in [0.3, 0.4) is 0 Å². The first-order chi connectivity index (χ1) is 12.0. The number of hydrogen-bond acceptors (Lipinski definition) is 3. The minimum atomic E-state index is -3.35. The standard InChI is InChI=1S/C20H32N2O2S/c1-17-7-8-20(18(2)15-17)25(23,24)22-13-9-19(10-14-22)16-21-11-5-3-4-6-12-21/h7-8,15,19H,3-6,9-14,16H2,1-2H3. The Bertz CT molecular complexity index is 671. The summed E-state index contributed by atoms with van der Waals surface area (Å²) in [6.07, 6.45) is 7.34. The van der Waals surface area contributed by atoms with Gasteiger partial charge < -0.3 is 4.90 Å². The average Bonchev–Trinajstić information content (AvgIpc) is 2.84. The van der Waals surface area contributed by atoms with E-state index in [9.17, 15) is 8.42 Å². The Labute approximate surface area is 153 Å². The van der Waals surface area contributed by atoms with Crippen LogP contribution in [0.25, 0.3) is 0 Å². The minimum Gasteiger partial charge on any atom is -0.303 e. The van der Waals surface area contributed by atoms with E-state index in [-0.39, 0.29) is 0 Å². The minimum absolute atomic E-state index is 0.476. The zero-order valence-electron chi connectivity index (χ0n) is 15.7. The molecule has 0 aromatic heterocycles.